The maximum atomic E-state index is 12.4. The Kier molecular flexibility index (Phi) is 5.73. The van der Waals surface area contributed by atoms with Crippen LogP contribution in [-0.2, 0) is 4.79 Å². The molecule has 1 aromatic heterocycles. The number of hydrogen-bond donors (Lipinski definition) is 1. The Hall–Kier alpha value is -2.91. The second-order valence-electron chi connectivity index (χ2n) is 5.29. The zero-order chi connectivity index (χ0) is 18.6. The van der Waals surface area contributed by atoms with Crippen LogP contribution in [0.2, 0.25) is 5.02 Å². The second kappa shape index (κ2) is 7.77. The van der Waals surface area contributed by atoms with Crippen molar-refractivity contribution in [3.05, 3.63) is 51.8 Å². The number of benzene rings is 1. The molecule has 0 bridgehead atoms. The van der Waals surface area contributed by atoms with Crippen LogP contribution in [0.1, 0.15) is 17.0 Å². The van der Waals surface area contributed by atoms with Crippen LogP contribution in [0.3, 0.4) is 0 Å². The maximum Gasteiger partial charge on any atom is 0.280 e. The van der Waals surface area contributed by atoms with E-state index in [1.54, 1.807) is 16.8 Å². The second-order valence-corrected chi connectivity index (χ2v) is 5.70. The average Bonchev–Trinajstić information content (AvgIpc) is 2.92. The molecule has 0 aliphatic carbocycles. The first-order valence-electron chi connectivity index (χ1n) is 7.41. The Morgan fingerprint density at radius 2 is 1.76 bits per heavy atom. The Labute approximate surface area is 151 Å². The van der Waals surface area contributed by atoms with Gasteiger partial charge in [0.25, 0.3) is 5.91 Å². The van der Waals surface area contributed by atoms with Gasteiger partial charge in [-0.3, -0.25) is 14.9 Å². The van der Waals surface area contributed by atoms with Crippen molar-refractivity contribution in [3.63, 3.8) is 0 Å². The number of amides is 1. The summed E-state index contributed by atoms with van der Waals surface area (Å²) in [5, 5.41) is 9.70. The smallest absolute Gasteiger partial charge is 0.280 e. The lowest BCUT2D eigenvalue weighted by atomic mass is 10.1. The minimum atomic E-state index is -0.532. The molecule has 0 saturated heterocycles. The number of rotatable bonds is 5. The molecule has 0 radical (unpaired) electrons. The summed E-state index contributed by atoms with van der Waals surface area (Å²) in [5.74, 6) is 0.384. The fourth-order valence-electron chi connectivity index (χ4n) is 2.29. The van der Waals surface area contributed by atoms with Gasteiger partial charge in [-0.2, -0.15) is 5.26 Å². The molecule has 0 aliphatic heterocycles. The van der Waals surface area contributed by atoms with Gasteiger partial charge in [-0.05, 0) is 43.7 Å². The minimum absolute atomic E-state index is 0.0818. The van der Waals surface area contributed by atoms with E-state index in [1.165, 1.54) is 20.3 Å². The summed E-state index contributed by atoms with van der Waals surface area (Å²) in [7, 11) is 2.99. The Morgan fingerprint density at radius 3 is 2.28 bits per heavy atom. The van der Waals surface area contributed by atoms with E-state index in [0.29, 0.717) is 22.1 Å². The number of nitriles is 1. The molecule has 0 aliphatic rings. The number of nitrogens with zero attached hydrogens (tertiary/aromatic N) is 2. The molecule has 1 N–H and O–H groups in total. The molecule has 0 saturated carbocycles. The highest BCUT2D eigenvalue weighted by molar-refractivity contribution is 6.32. The molecule has 2 rings (SSSR count). The van der Waals surface area contributed by atoms with Gasteiger partial charge in [0.05, 0.1) is 19.2 Å². The molecule has 1 heterocycles. The van der Waals surface area contributed by atoms with Crippen LogP contribution in [-0.4, -0.2) is 24.8 Å². The predicted octanol–water partition coefficient (Wildman–Crippen LogP) is 3.45. The average molecular weight is 360 g/mol. The van der Waals surface area contributed by atoms with Crippen molar-refractivity contribution in [2.75, 3.05) is 19.6 Å². The van der Waals surface area contributed by atoms with Crippen molar-refractivity contribution >= 4 is 23.6 Å². The Bertz CT molecular complexity index is 859. The first-order chi connectivity index (χ1) is 11.9. The third-order valence-corrected chi connectivity index (χ3v) is 3.98. The zero-order valence-electron chi connectivity index (χ0n) is 14.4. The summed E-state index contributed by atoms with van der Waals surface area (Å²) in [4.78, 5) is 12.4. The SMILES string of the molecule is COc1cc(Cl)c(/C=C(\C#N)C(=O)Nn2c(C)ccc2C)cc1OC. The number of methoxy groups -OCH3 is 2. The number of hydrogen-bond acceptors (Lipinski definition) is 4. The number of nitrogens with one attached hydrogen (secondary N) is 1. The third-order valence-electron chi connectivity index (χ3n) is 3.65. The summed E-state index contributed by atoms with van der Waals surface area (Å²) in [6, 6.07) is 8.82. The molecule has 0 fully saturated rings. The van der Waals surface area contributed by atoms with Crippen molar-refractivity contribution in [1.82, 2.24) is 4.68 Å². The van der Waals surface area contributed by atoms with Crippen LogP contribution in [0.5, 0.6) is 11.5 Å². The van der Waals surface area contributed by atoms with Crippen LogP contribution in [0, 0.1) is 25.2 Å². The molecule has 0 atom stereocenters. The normalized spacial score (nSPS) is 11.0. The van der Waals surface area contributed by atoms with Gasteiger partial charge in [0.1, 0.15) is 11.6 Å². The topological polar surface area (TPSA) is 76.3 Å². The molecular formula is C18H18ClN3O3. The van der Waals surface area contributed by atoms with Crippen molar-refractivity contribution in [3.8, 4) is 17.6 Å². The molecule has 2 aromatic rings. The van der Waals surface area contributed by atoms with Gasteiger partial charge in [-0.15, -0.1) is 0 Å². The molecule has 0 unspecified atom stereocenters. The number of ether oxygens (including phenoxy) is 2. The fourth-order valence-corrected chi connectivity index (χ4v) is 2.50. The summed E-state index contributed by atoms with van der Waals surface area (Å²) >= 11 is 6.21. The molecular weight excluding hydrogens is 342 g/mol. The van der Waals surface area contributed by atoms with Gasteiger partial charge in [0, 0.05) is 17.5 Å². The molecule has 25 heavy (non-hydrogen) atoms. The van der Waals surface area contributed by atoms with E-state index < -0.39 is 5.91 Å². The van der Waals surface area contributed by atoms with Gasteiger partial charge in [0.15, 0.2) is 11.5 Å². The van der Waals surface area contributed by atoms with E-state index in [-0.39, 0.29) is 5.57 Å². The van der Waals surface area contributed by atoms with Crippen molar-refractivity contribution < 1.29 is 14.3 Å². The number of aryl methyl sites for hydroxylation is 2. The lowest BCUT2D eigenvalue weighted by Crippen LogP contribution is -2.25. The van der Waals surface area contributed by atoms with Crippen molar-refractivity contribution in [2.24, 2.45) is 0 Å². The van der Waals surface area contributed by atoms with Crippen molar-refractivity contribution in [2.45, 2.75) is 13.8 Å². The predicted molar refractivity (Wildman–Crippen MR) is 96.4 cm³/mol. The largest absolute Gasteiger partial charge is 0.493 e. The molecule has 0 spiro atoms. The lowest BCUT2D eigenvalue weighted by molar-refractivity contribution is -0.113. The van der Waals surface area contributed by atoms with E-state index >= 15 is 0 Å². The Balaban J connectivity index is 2.37. The molecule has 6 nitrogen and oxygen atoms in total. The summed E-state index contributed by atoms with van der Waals surface area (Å²) in [5.41, 5.74) is 4.79. The third kappa shape index (κ3) is 3.95. The minimum Gasteiger partial charge on any atom is -0.493 e. The standard InChI is InChI=1S/C18H18ClN3O3/c1-11-5-6-12(2)22(11)21-18(23)14(10-20)7-13-8-16(24-3)17(25-4)9-15(13)19/h5-9H,1-4H3,(H,21,23)/b14-7+. The van der Waals surface area contributed by atoms with Crippen molar-refractivity contribution in [1.29, 1.82) is 5.26 Å². The summed E-state index contributed by atoms with van der Waals surface area (Å²) in [6.07, 6.45) is 1.41. The number of aromatic nitrogens is 1. The monoisotopic (exact) mass is 359 g/mol. The number of halogens is 1. The van der Waals surface area contributed by atoms with E-state index in [0.717, 1.165) is 11.4 Å². The van der Waals surface area contributed by atoms with Gasteiger partial charge < -0.3 is 9.47 Å². The summed E-state index contributed by atoms with van der Waals surface area (Å²) in [6.45, 7) is 3.71. The van der Waals surface area contributed by atoms with Crippen LogP contribution in [0.15, 0.2) is 29.8 Å². The number of carbonyl (C=O) groups excluding carboxylic acids is 1. The highest BCUT2D eigenvalue weighted by Crippen LogP contribution is 2.34. The lowest BCUT2D eigenvalue weighted by Gasteiger charge is -2.12. The van der Waals surface area contributed by atoms with Gasteiger partial charge in [-0.1, -0.05) is 11.6 Å². The number of carbonyl (C=O) groups is 1. The highest BCUT2D eigenvalue weighted by atomic mass is 35.5. The van der Waals surface area contributed by atoms with Crippen LogP contribution in [0.4, 0.5) is 0 Å². The first-order valence-corrected chi connectivity index (χ1v) is 7.78. The molecule has 130 valence electrons. The summed E-state index contributed by atoms with van der Waals surface area (Å²) < 4.78 is 12.0. The first kappa shape index (κ1) is 18.4. The van der Waals surface area contributed by atoms with Gasteiger partial charge >= 0.3 is 0 Å². The van der Waals surface area contributed by atoms with E-state index in [4.69, 9.17) is 21.1 Å². The molecule has 1 amide bonds. The van der Waals surface area contributed by atoms with E-state index in [1.807, 2.05) is 32.0 Å². The van der Waals surface area contributed by atoms with Crippen LogP contribution >= 0.6 is 11.6 Å². The van der Waals surface area contributed by atoms with Gasteiger partial charge in [-0.25, -0.2) is 0 Å². The molecule has 1 aromatic carbocycles. The van der Waals surface area contributed by atoms with Gasteiger partial charge in [0.2, 0.25) is 0 Å². The van der Waals surface area contributed by atoms with Crippen LogP contribution < -0.4 is 14.9 Å². The fraction of sp³-hybridized carbons (Fsp3) is 0.222. The van der Waals surface area contributed by atoms with E-state index in [2.05, 4.69) is 5.43 Å². The molecule has 7 heteroatoms. The maximum absolute atomic E-state index is 12.4. The highest BCUT2D eigenvalue weighted by Gasteiger charge is 2.14. The van der Waals surface area contributed by atoms with E-state index in [9.17, 15) is 10.1 Å². The Morgan fingerprint density at radius 1 is 1.20 bits per heavy atom. The van der Waals surface area contributed by atoms with Crippen LogP contribution in [0.25, 0.3) is 6.08 Å². The zero-order valence-corrected chi connectivity index (χ0v) is 15.1. The quantitative estimate of drug-likeness (QED) is 0.655.